The lowest BCUT2D eigenvalue weighted by molar-refractivity contribution is 0.0948. The minimum Gasteiger partial charge on any atom is -0.378 e. The van der Waals surface area contributed by atoms with Crippen LogP contribution in [-0.4, -0.2) is 29.8 Å². The first kappa shape index (κ1) is 19.5. The van der Waals surface area contributed by atoms with Gasteiger partial charge in [0.25, 0.3) is 5.91 Å². The molecule has 4 aromatic rings. The fourth-order valence-corrected chi connectivity index (χ4v) is 3.34. The SMILES string of the molecule is Cc1c(-c2ccccc2)nn(C(=O)c2ccccc2)c1Nc1ccc(N(C)C)cc1. The first-order chi connectivity index (χ1) is 14.5. The van der Waals surface area contributed by atoms with Gasteiger partial charge in [0.2, 0.25) is 0 Å². The maximum absolute atomic E-state index is 13.3. The van der Waals surface area contributed by atoms with Crippen molar-refractivity contribution in [3.63, 3.8) is 0 Å². The van der Waals surface area contributed by atoms with Crippen molar-refractivity contribution in [1.82, 2.24) is 9.78 Å². The lowest BCUT2D eigenvalue weighted by atomic mass is 10.1. The molecule has 0 fully saturated rings. The normalized spacial score (nSPS) is 10.6. The van der Waals surface area contributed by atoms with E-state index >= 15 is 0 Å². The van der Waals surface area contributed by atoms with E-state index in [0.29, 0.717) is 11.4 Å². The number of hydrogen-bond acceptors (Lipinski definition) is 4. The van der Waals surface area contributed by atoms with E-state index in [4.69, 9.17) is 5.10 Å². The zero-order chi connectivity index (χ0) is 21.1. The molecular weight excluding hydrogens is 372 g/mol. The average molecular weight is 396 g/mol. The third-order valence-corrected chi connectivity index (χ3v) is 5.03. The second kappa shape index (κ2) is 8.25. The standard InChI is InChI=1S/C25H24N4O/c1-18-23(19-10-6-4-7-11-19)27-29(25(30)20-12-8-5-9-13-20)24(18)26-21-14-16-22(17-15-21)28(2)3/h4-17,26H,1-3H3. The van der Waals surface area contributed by atoms with Crippen LogP contribution in [0.2, 0.25) is 0 Å². The molecule has 150 valence electrons. The molecule has 0 saturated carbocycles. The summed E-state index contributed by atoms with van der Waals surface area (Å²) in [5.41, 5.74) is 5.27. The maximum atomic E-state index is 13.3. The molecule has 3 aromatic carbocycles. The Hall–Kier alpha value is -3.86. The number of aromatic nitrogens is 2. The van der Waals surface area contributed by atoms with Crippen molar-refractivity contribution >= 4 is 23.1 Å². The number of nitrogens with zero attached hydrogens (tertiary/aromatic N) is 3. The number of nitrogens with one attached hydrogen (secondary N) is 1. The minimum atomic E-state index is -0.173. The molecule has 5 heteroatoms. The van der Waals surface area contributed by atoms with Crippen LogP contribution in [0.5, 0.6) is 0 Å². The quantitative estimate of drug-likeness (QED) is 0.494. The van der Waals surface area contributed by atoms with E-state index in [9.17, 15) is 4.79 Å². The highest BCUT2D eigenvalue weighted by Crippen LogP contribution is 2.31. The topological polar surface area (TPSA) is 50.2 Å². The lowest BCUT2D eigenvalue weighted by Gasteiger charge is -2.14. The van der Waals surface area contributed by atoms with Crippen molar-refractivity contribution in [2.45, 2.75) is 6.92 Å². The van der Waals surface area contributed by atoms with Gasteiger partial charge < -0.3 is 10.2 Å². The van der Waals surface area contributed by atoms with Gasteiger partial charge in [-0.2, -0.15) is 9.78 Å². The maximum Gasteiger partial charge on any atom is 0.280 e. The summed E-state index contributed by atoms with van der Waals surface area (Å²) in [5.74, 6) is 0.494. The second-order valence-electron chi connectivity index (χ2n) is 7.34. The van der Waals surface area contributed by atoms with Crippen molar-refractivity contribution in [2.24, 2.45) is 0 Å². The Bertz CT molecular complexity index is 1150. The summed E-state index contributed by atoms with van der Waals surface area (Å²) < 4.78 is 1.47. The van der Waals surface area contributed by atoms with Gasteiger partial charge in [-0.15, -0.1) is 0 Å². The molecule has 1 aromatic heterocycles. The average Bonchev–Trinajstić information content (AvgIpc) is 3.11. The van der Waals surface area contributed by atoms with Gasteiger partial charge in [0, 0.05) is 42.2 Å². The van der Waals surface area contributed by atoms with E-state index in [-0.39, 0.29) is 5.91 Å². The highest BCUT2D eigenvalue weighted by molar-refractivity contribution is 5.98. The van der Waals surface area contributed by atoms with Crippen LogP contribution in [0.3, 0.4) is 0 Å². The van der Waals surface area contributed by atoms with Gasteiger partial charge in [0.15, 0.2) is 0 Å². The van der Waals surface area contributed by atoms with E-state index in [1.807, 2.05) is 98.7 Å². The summed E-state index contributed by atoms with van der Waals surface area (Å²) in [6.45, 7) is 1.99. The smallest absolute Gasteiger partial charge is 0.280 e. The van der Waals surface area contributed by atoms with Crippen LogP contribution < -0.4 is 10.2 Å². The monoisotopic (exact) mass is 396 g/mol. The largest absolute Gasteiger partial charge is 0.378 e. The molecule has 0 aliphatic heterocycles. The Morgan fingerprint density at radius 2 is 1.47 bits per heavy atom. The number of carbonyl (C=O) groups is 1. The van der Waals surface area contributed by atoms with Crippen LogP contribution in [0.15, 0.2) is 84.9 Å². The van der Waals surface area contributed by atoms with Crippen molar-refractivity contribution in [1.29, 1.82) is 0 Å². The van der Waals surface area contributed by atoms with Crippen LogP contribution in [0.4, 0.5) is 17.2 Å². The fraction of sp³-hybridized carbons (Fsp3) is 0.120. The molecule has 0 amide bonds. The summed E-state index contributed by atoms with van der Waals surface area (Å²) >= 11 is 0. The first-order valence-corrected chi connectivity index (χ1v) is 9.84. The van der Waals surface area contributed by atoms with Gasteiger partial charge in [-0.25, -0.2) is 0 Å². The number of benzene rings is 3. The lowest BCUT2D eigenvalue weighted by Crippen LogP contribution is -2.16. The number of anilines is 3. The first-order valence-electron chi connectivity index (χ1n) is 9.84. The summed E-state index contributed by atoms with van der Waals surface area (Å²) in [6.07, 6.45) is 0. The molecular formula is C25H24N4O. The van der Waals surface area contributed by atoms with Crippen molar-refractivity contribution in [2.75, 3.05) is 24.3 Å². The zero-order valence-corrected chi connectivity index (χ0v) is 17.3. The van der Waals surface area contributed by atoms with E-state index < -0.39 is 0 Å². The van der Waals surface area contributed by atoms with Gasteiger partial charge in [-0.3, -0.25) is 4.79 Å². The molecule has 1 heterocycles. The van der Waals surface area contributed by atoms with E-state index in [0.717, 1.165) is 28.2 Å². The Balaban J connectivity index is 1.79. The highest BCUT2D eigenvalue weighted by atomic mass is 16.2. The predicted molar refractivity (Wildman–Crippen MR) is 123 cm³/mol. The molecule has 0 atom stereocenters. The van der Waals surface area contributed by atoms with Crippen molar-refractivity contribution < 1.29 is 4.79 Å². The molecule has 0 aliphatic carbocycles. The van der Waals surface area contributed by atoms with Gasteiger partial charge in [-0.1, -0.05) is 48.5 Å². The number of rotatable bonds is 5. The third-order valence-electron chi connectivity index (χ3n) is 5.03. The minimum absolute atomic E-state index is 0.173. The third kappa shape index (κ3) is 3.82. The molecule has 0 unspecified atom stereocenters. The summed E-state index contributed by atoms with van der Waals surface area (Å²) in [6, 6.07) is 27.2. The van der Waals surface area contributed by atoms with Gasteiger partial charge in [0.1, 0.15) is 5.82 Å². The van der Waals surface area contributed by atoms with Crippen LogP contribution >= 0.6 is 0 Å². The molecule has 0 aliphatic rings. The summed E-state index contributed by atoms with van der Waals surface area (Å²) in [7, 11) is 4.01. The molecule has 0 bridgehead atoms. The van der Waals surface area contributed by atoms with Gasteiger partial charge >= 0.3 is 0 Å². The van der Waals surface area contributed by atoms with E-state index in [2.05, 4.69) is 5.32 Å². The molecule has 0 radical (unpaired) electrons. The highest BCUT2D eigenvalue weighted by Gasteiger charge is 2.21. The Morgan fingerprint density at radius 1 is 0.867 bits per heavy atom. The van der Waals surface area contributed by atoms with Gasteiger partial charge in [-0.05, 0) is 43.3 Å². The predicted octanol–water partition coefficient (Wildman–Crippen LogP) is 5.36. The van der Waals surface area contributed by atoms with Gasteiger partial charge in [0.05, 0.1) is 5.69 Å². The van der Waals surface area contributed by atoms with Crippen molar-refractivity contribution in [3.05, 3.63) is 96.1 Å². The Labute approximate surface area is 176 Å². The number of hydrogen-bond donors (Lipinski definition) is 1. The zero-order valence-electron chi connectivity index (χ0n) is 17.3. The molecule has 0 spiro atoms. The van der Waals surface area contributed by atoms with Crippen LogP contribution in [-0.2, 0) is 0 Å². The molecule has 1 N–H and O–H groups in total. The van der Waals surface area contributed by atoms with Crippen LogP contribution in [0.25, 0.3) is 11.3 Å². The summed E-state index contributed by atoms with van der Waals surface area (Å²) in [5, 5.41) is 8.10. The Morgan fingerprint density at radius 3 is 2.07 bits per heavy atom. The molecule has 4 rings (SSSR count). The van der Waals surface area contributed by atoms with E-state index in [1.54, 1.807) is 12.1 Å². The Kier molecular flexibility index (Phi) is 5.35. The molecule has 30 heavy (non-hydrogen) atoms. The molecule has 5 nitrogen and oxygen atoms in total. The van der Waals surface area contributed by atoms with Crippen LogP contribution in [0.1, 0.15) is 15.9 Å². The second-order valence-corrected chi connectivity index (χ2v) is 7.34. The van der Waals surface area contributed by atoms with E-state index in [1.165, 1.54) is 4.68 Å². The molecule has 0 saturated heterocycles. The van der Waals surface area contributed by atoms with Crippen LogP contribution in [0, 0.1) is 6.92 Å². The van der Waals surface area contributed by atoms with Crippen molar-refractivity contribution in [3.8, 4) is 11.3 Å². The fourth-order valence-electron chi connectivity index (χ4n) is 3.34. The number of carbonyl (C=O) groups excluding carboxylic acids is 1. The summed E-state index contributed by atoms with van der Waals surface area (Å²) in [4.78, 5) is 15.3.